The molecular formula is C24H28N4O5. The summed E-state index contributed by atoms with van der Waals surface area (Å²) >= 11 is 0. The van der Waals surface area contributed by atoms with E-state index in [1.165, 1.54) is 0 Å². The highest BCUT2D eigenvalue weighted by Crippen LogP contribution is 2.32. The number of rotatable bonds is 3. The number of ether oxygens (including phenoxy) is 1. The van der Waals surface area contributed by atoms with Crippen molar-refractivity contribution in [1.82, 2.24) is 19.9 Å². The molecule has 0 aromatic carbocycles. The van der Waals surface area contributed by atoms with E-state index in [0.717, 1.165) is 17.1 Å². The fraction of sp³-hybridized carbons (Fsp3) is 0.500. The van der Waals surface area contributed by atoms with Crippen LogP contribution in [-0.2, 0) is 9.53 Å². The van der Waals surface area contributed by atoms with Gasteiger partial charge in [0.1, 0.15) is 11.5 Å². The molecule has 9 nitrogen and oxygen atoms in total. The van der Waals surface area contributed by atoms with Gasteiger partial charge in [0.2, 0.25) is 5.91 Å². The molecule has 0 bridgehead atoms. The minimum absolute atomic E-state index is 0.0472. The number of amides is 2. The van der Waals surface area contributed by atoms with Gasteiger partial charge in [-0.15, -0.1) is 0 Å². The molecular weight excluding hydrogens is 424 g/mol. The molecule has 3 aromatic rings. The summed E-state index contributed by atoms with van der Waals surface area (Å²) in [7, 11) is 0. The molecule has 3 aromatic heterocycles. The maximum Gasteiger partial charge on any atom is 0.259 e. The SMILES string of the molecule is Cc1cc(-c2cc(C(=O)N3CCC(C(=O)N4CCOCC4)CC3)c3c(C)noc3n2)c(C)o1. The van der Waals surface area contributed by atoms with Crippen LogP contribution in [0.2, 0.25) is 0 Å². The Balaban J connectivity index is 1.39. The minimum Gasteiger partial charge on any atom is -0.466 e. The largest absolute Gasteiger partial charge is 0.466 e. The number of carbonyl (C=O) groups excluding carboxylic acids is 2. The lowest BCUT2D eigenvalue weighted by Crippen LogP contribution is -2.47. The molecule has 0 spiro atoms. The van der Waals surface area contributed by atoms with Crippen molar-refractivity contribution in [2.45, 2.75) is 33.6 Å². The van der Waals surface area contributed by atoms with Crippen molar-refractivity contribution in [2.24, 2.45) is 5.92 Å². The Morgan fingerprint density at radius 2 is 1.73 bits per heavy atom. The summed E-state index contributed by atoms with van der Waals surface area (Å²) in [6.45, 7) is 9.11. The summed E-state index contributed by atoms with van der Waals surface area (Å²) in [5.41, 5.74) is 2.93. The summed E-state index contributed by atoms with van der Waals surface area (Å²) in [4.78, 5) is 34.8. The molecule has 0 N–H and O–H groups in total. The summed E-state index contributed by atoms with van der Waals surface area (Å²) < 4.78 is 16.4. The number of nitrogens with zero attached hydrogens (tertiary/aromatic N) is 4. The lowest BCUT2D eigenvalue weighted by Gasteiger charge is -2.35. The second-order valence-corrected chi connectivity index (χ2v) is 8.83. The van der Waals surface area contributed by atoms with E-state index in [4.69, 9.17) is 13.7 Å². The van der Waals surface area contributed by atoms with E-state index in [2.05, 4.69) is 10.1 Å². The highest BCUT2D eigenvalue weighted by Gasteiger charge is 2.32. The normalized spacial score (nSPS) is 17.7. The molecule has 2 saturated heterocycles. The first-order valence-corrected chi connectivity index (χ1v) is 11.4. The Hall–Kier alpha value is -3.20. The molecule has 0 saturated carbocycles. The van der Waals surface area contributed by atoms with Crippen LogP contribution in [0.3, 0.4) is 0 Å². The van der Waals surface area contributed by atoms with Crippen LogP contribution in [0.1, 0.15) is 40.4 Å². The van der Waals surface area contributed by atoms with Crippen LogP contribution in [0.15, 0.2) is 21.1 Å². The van der Waals surface area contributed by atoms with Gasteiger partial charge in [-0.3, -0.25) is 9.59 Å². The molecule has 9 heteroatoms. The molecule has 5 rings (SSSR count). The van der Waals surface area contributed by atoms with E-state index >= 15 is 0 Å². The summed E-state index contributed by atoms with van der Waals surface area (Å²) in [6.07, 6.45) is 1.32. The van der Waals surface area contributed by atoms with Crippen LogP contribution in [-0.4, -0.2) is 71.1 Å². The predicted octanol–water partition coefficient (Wildman–Crippen LogP) is 3.12. The van der Waals surface area contributed by atoms with E-state index < -0.39 is 0 Å². The van der Waals surface area contributed by atoms with Crippen molar-refractivity contribution in [3.63, 3.8) is 0 Å². The molecule has 2 fully saturated rings. The van der Waals surface area contributed by atoms with Crippen molar-refractivity contribution >= 4 is 22.9 Å². The average Bonchev–Trinajstić information content (AvgIpc) is 3.39. The van der Waals surface area contributed by atoms with E-state index in [-0.39, 0.29) is 17.7 Å². The van der Waals surface area contributed by atoms with Gasteiger partial charge < -0.3 is 23.5 Å². The molecule has 33 heavy (non-hydrogen) atoms. The number of hydrogen-bond donors (Lipinski definition) is 0. The smallest absolute Gasteiger partial charge is 0.259 e. The Morgan fingerprint density at radius 1 is 1.00 bits per heavy atom. The predicted molar refractivity (Wildman–Crippen MR) is 120 cm³/mol. The second-order valence-electron chi connectivity index (χ2n) is 8.83. The van der Waals surface area contributed by atoms with Gasteiger partial charge in [0.15, 0.2) is 0 Å². The average molecular weight is 453 g/mol. The van der Waals surface area contributed by atoms with Gasteiger partial charge in [-0.05, 0) is 45.7 Å². The topological polar surface area (TPSA) is 102 Å². The number of carbonyl (C=O) groups is 2. The van der Waals surface area contributed by atoms with Gasteiger partial charge in [-0.25, -0.2) is 4.98 Å². The lowest BCUT2D eigenvalue weighted by atomic mass is 9.94. The van der Waals surface area contributed by atoms with Crippen molar-refractivity contribution in [1.29, 1.82) is 0 Å². The van der Waals surface area contributed by atoms with E-state index in [9.17, 15) is 9.59 Å². The molecule has 2 amide bonds. The van der Waals surface area contributed by atoms with Gasteiger partial charge in [-0.2, -0.15) is 0 Å². The van der Waals surface area contributed by atoms with Crippen LogP contribution in [0.25, 0.3) is 22.4 Å². The third-order valence-corrected chi connectivity index (χ3v) is 6.62. The Bertz CT molecular complexity index is 1200. The maximum absolute atomic E-state index is 13.6. The molecule has 0 aliphatic carbocycles. The first-order chi connectivity index (χ1) is 15.9. The third-order valence-electron chi connectivity index (χ3n) is 6.62. The zero-order valence-electron chi connectivity index (χ0n) is 19.2. The van der Waals surface area contributed by atoms with Crippen LogP contribution in [0.5, 0.6) is 0 Å². The van der Waals surface area contributed by atoms with Crippen LogP contribution in [0.4, 0.5) is 0 Å². The van der Waals surface area contributed by atoms with E-state index in [1.54, 1.807) is 6.07 Å². The third kappa shape index (κ3) is 4.01. The number of aromatic nitrogens is 2. The Kier molecular flexibility index (Phi) is 5.65. The van der Waals surface area contributed by atoms with Crippen molar-refractivity contribution < 1.29 is 23.3 Å². The minimum atomic E-state index is -0.0925. The second kappa shape index (κ2) is 8.62. The van der Waals surface area contributed by atoms with Crippen LogP contribution in [0, 0.1) is 26.7 Å². The maximum atomic E-state index is 13.6. The number of pyridine rings is 1. The number of piperidine rings is 1. The number of furan rings is 1. The van der Waals surface area contributed by atoms with Crippen LogP contribution >= 0.6 is 0 Å². The van der Waals surface area contributed by atoms with Crippen molar-refractivity contribution in [3.8, 4) is 11.3 Å². The fourth-order valence-electron chi connectivity index (χ4n) is 4.83. The van der Waals surface area contributed by atoms with Crippen LogP contribution < -0.4 is 0 Å². The molecule has 5 heterocycles. The molecule has 174 valence electrons. The number of morpholine rings is 1. The molecule has 2 aliphatic rings. The Labute approximate surface area is 191 Å². The summed E-state index contributed by atoms with van der Waals surface area (Å²) in [5.74, 6) is 1.55. The highest BCUT2D eigenvalue weighted by atomic mass is 16.5. The van der Waals surface area contributed by atoms with Crippen molar-refractivity contribution in [2.75, 3.05) is 39.4 Å². The van der Waals surface area contributed by atoms with Gasteiger partial charge in [0, 0.05) is 37.7 Å². The van der Waals surface area contributed by atoms with Gasteiger partial charge >= 0.3 is 0 Å². The molecule has 0 unspecified atom stereocenters. The van der Waals surface area contributed by atoms with E-state index in [0.29, 0.717) is 80.3 Å². The first kappa shape index (κ1) is 21.6. The van der Waals surface area contributed by atoms with Crippen molar-refractivity contribution in [3.05, 3.63) is 34.9 Å². The van der Waals surface area contributed by atoms with Gasteiger partial charge in [-0.1, -0.05) is 5.16 Å². The fourth-order valence-corrected chi connectivity index (χ4v) is 4.83. The molecule has 2 aliphatic heterocycles. The first-order valence-electron chi connectivity index (χ1n) is 11.4. The quantitative estimate of drug-likeness (QED) is 0.602. The number of likely N-dealkylation sites (tertiary alicyclic amines) is 1. The zero-order chi connectivity index (χ0) is 23.1. The van der Waals surface area contributed by atoms with E-state index in [1.807, 2.05) is 36.6 Å². The summed E-state index contributed by atoms with van der Waals surface area (Å²) in [6, 6.07) is 3.71. The molecule has 0 radical (unpaired) electrons. The standard InChI is InChI=1S/C24H28N4O5/c1-14-12-18(16(3)32-14)20-13-19(21-15(2)26-33-22(21)25-20)24(30)27-6-4-17(5-7-27)23(29)28-8-10-31-11-9-28/h12-13,17H,4-11H2,1-3H3. The Morgan fingerprint density at radius 3 is 2.39 bits per heavy atom. The highest BCUT2D eigenvalue weighted by molar-refractivity contribution is 6.07. The molecule has 0 atom stereocenters. The number of fused-ring (bicyclic) bond motifs is 1. The summed E-state index contributed by atoms with van der Waals surface area (Å²) in [5, 5.41) is 4.67. The lowest BCUT2D eigenvalue weighted by molar-refractivity contribution is -0.141. The zero-order valence-corrected chi connectivity index (χ0v) is 19.2. The monoisotopic (exact) mass is 452 g/mol. The van der Waals surface area contributed by atoms with Gasteiger partial charge in [0.25, 0.3) is 11.6 Å². The van der Waals surface area contributed by atoms with Gasteiger partial charge in [0.05, 0.1) is 35.6 Å². The number of aryl methyl sites for hydroxylation is 3. The number of hydrogen-bond acceptors (Lipinski definition) is 7.